The fourth-order valence-electron chi connectivity index (χ4n) is 3.30. The summed E-state index contributed by atoms with van der Waals surface area (Å²) < 4.78 is 0.964. The number of anilines is 1. The lowest BCUT2D eigenvalue weighted by atomic mass is 9.71. The SMILES string of the molecule is Cc1cc(Br)ccc1NC(=O)CNC(=O)CC1(CN)CCCCC1. The van der Waals surface area contributed by atoms with Crippen LogP contribution in [0.4, 0.5) is 5.69 Å². The largest absolute Gasteiger partial charge is 0.347 e. The molecule has 0 saturated heterocycles. The predicted molar refractivity (Wildman–Crippen MR) is 99.7 cm³/mol. The van der Waals surface area contributed by atoms with E-state index in [1.165, 1.54) is 6.42 Å². The summed E-state index contributed by atoms with van der Waals surface area (Å²) >= 11 is 3.39. The zero-order chi connectivity index (χ0) is 17.6. The van der Waals surface area contributed by atoms with Crippen LogP contribution in [-0.4, -0.2) is 24.9 Å². The zero-order valence-electron chi connectivity index (χ0n) is 14.2. The second kappa shape index (κ2) is 8.62. The van der Waals surface area contributed by atoms with E-state index in [9.17, 15) is 9.59 Å². The van der Waals surface area contributed by atoms with Gasteiger partial charge >= 0.3 is 0 Å². The molecule has 1 aliphatic rings. The van der Waals surface area contributed by atoms with E-state index in [-0.39, 0.29) is 23.8 Å². The van der Waals surface area contributed by atoms with E-state index in [0.717, 1.165) is 41.4 Å². The van der Waals surface area contributed by atoms with Gasteiger partial charge in [-0.2, -0.15) is 0 Å². The number of halogens is 1. The third-order valence-electron chi connectivity index (χ3n) is 4.79. The van der Waals surface area contributed by atoms with E-state index in [4.69, 9.17) is 5.73 Å². The van der Waals surface area contributed by atoms with Crippen LogP contribution in [0.5, 0.6) is 0 Å². The quantitative estimate of drug-likeness (QED) is 0.691. The fraction of sp³-hybridized carbons (Fsp3) is 0.556. The summed E-state index contributed by atoms with van der Waals surface area (Å²) in [6, 6.07) is 5.64. The number of hydrogen-bond donors (Lipinski definition) is 3. The molecule has 1 fully saturated rings. The van der Waals surface area contributed by atoms with Crippen molar-refractivity contribution in [3.63, 3.8) is 0 Å². The monoisotopic (exact) mass is 395 g/mol. The van der Waals surface area contributed by atoms with Crippen LogP contribution in [-0.2, 0) is 9.59 Å². The first kappa shape index (κ1) is 18.9. The molecule has 0 heterocycles. The minimum absolute atomic E-state index is 0.0189. The molecule has 0 radical (unpaired) electrons. The maximum Gasteiger partial charge on any atom is 0.243 e. The molecular formula is C18H26BrN3O2. The van der Waals surface area contributed by atoms with Gasteiger partial charge in [-0.1, -0.05) is 35.2 Å². The van der Waals surface area contributed by atoms with Crippen molar-refractivity contribution < 1.29 is 9.59 Å². The fourth-order valence-corrected chi connectivity index (χ4v) is 3.77. The highest BCUT2D eigenvalue weighted by Crippen LogP contribution is 2.38. The Bertz CT molecular complexity index is 598. The van der Waals surface area contributed by atoms with E-state index in [0.29, 0.717) is 13.0 Å². The number of carbonyl (C=O) groups is 2. The Labute approximate surface area is 151 Å². The van der Waals surface area contributed by atoms with Crippen molar-refractivity contribution in [1.29, 1.82) is 0 Å². The number of carbonyl (C=O) groups excluding carboxylic acids is 2. The van der Waals surface area contributed by atoms with Gasteiger partial charge in [-0.15, -0.1) is 0 Å². The summed E-state index contributed by atoms with van der Waals surface area (Å²) in [7, 11) is 0. The number of amides is 2. The highest BCUT2D eigenvalue weighted by molar-refractivity contribution is 9.10. The first-order chi connectivity index (χ1) is 11.4. The number of aryl methyl sites for hydroxylation is 1. The molecule has 24 heavy (non-hydrogen) atoms. The highest BCUT2D eigenvalue weighted by atomic mass is 79.9. The number of nitrogens with two attached hydrogens (primary N) is 1. The third kappa shape index (κ3) is 5.31. The van der Waals surface area contributed by atoms with Crippen LogP contribution in [0.1, 0.15) is 44.1 Å². The smallest absolute Gasteiger partial charge is 0.243 e. The molecule has 0 unspecified atom stereocenters. The summed E-state index contributed by atoms with van der Waals surface area (Å²) in [6.45, 7) is 2.44. The summed E-state index contributed by atoms with van der Waals surface area (Å²) in [5.74, 6) is -0.316. The van der Waals surface area contributed by atoms with Crippen molar-refractivity contribution in [2.45, 2.75) is 45.4 Å². The molecule has 0 aromatic heterocycles. The zero-order valence-corrected chi connectivity index (χ0v) is 15.7. The molecule has 0 atom stereocenters. The van der Waals surface area contributed by atoms with E-state index >= 15 is 0 Å². The molecule has 2 rings (SSSR count). The van der Waals surface area contributed by atoms with Gasteiger partial charge in [-0.3, -0.25) is 9.59 Å². The lowest BCUT2D eigenvalue weighted by Crippen LogP contribution is -2.40. The average Bonchev–Trinajstić information content (AvgIpc) is 2.56. The van der Waals surface area contributed by atoms with Crippen LogP contribution in [0, 0.1) is 12.3 Å². The first-order valence-electron chi connectivity index (χ1n) is 8.47. The summed E-state index contributed by atoms with van der Waals surface area (Å²) in [4.78, 5) is 24.2. The van der Waals surface area contributed by atoms with E-state index < -0.39 is 0 Å². The van der Waals surface area contributed by atoms with E-state index in [2.05, 4.69) is 26.6 Å². The Morgan fingerprint density at radius 2 is 1.92 bits per heavy atom. The molecular weight excluding hydrogens is 370 g/mol. The van der Waals surface area contributed by atoms with Crippen molar-refractivity contribution in [3.05, 3.63) is 28.2 Å². The minimum atomic E-state index is -0.223. The highest BCUT2D eigenvalue weighted by Gasteiger charge is 2.32. The Balaban J connectivity index is 1.81. The van der Waals surface area contributed by atoms with Gasteiger partial charge in [0.2, 0.25) is 11.8 Å². The van der Waals surface area contributed by atoms with Crippen molar-refractivity contribution in [2.24, 2.45) is 11.1 Å². The van der Waals surface area contributed by atoms with E-state index in [1.807, 2.05) is 25.1 Å². The third-order valence-corrected chi connectivity index (χ3v) is 5.28. The maximum atomic E-state index is 12.2. The van der Waals surface area contributed by atoms with Gasteiger partial charge in [0.1, 0.15) is 0 Å². The molecule has 1 aromatic rings. The van der Waals surface area contributed by atoms with Crippen LogP contribution in [0.25, 0.3) is 0 Å². The van der Waals surface area contributed by atoms with Gasteiger partial charge in [-0.25, -0.2) is 0 Å². The average molecular weight is 396 g/mol. The van der Waals surface area contributed by atoms with Crippen molar-refractivity contribution >= 4 is 33.4 Å². The molecule has 4 N–H and O–H groups in total. The molecule has 0 aliphatic heterocycles. The topological polar surface area (TPSA) is 84.2 Å². The molecule has 2 amide bonds. The number of hydrogen-bond acceptors (Lipinski definition) is 3. The number of benzene rings is 1. The van der Waals surface area contributed by atoms with Crippen molar-refractivity contribution in [1.82, 2.24) is 5.32 Å². The van der Waals surface area contributed by atoms with Gasteiger partial charge in [0.05, 0.1) is 6.54 Å². The van der Waals surface area contributed by atoms with Gasteiger partial charge in [-0.05, 0) is 55.5 Å². The van der Waals surface area contributed by atoms with Crippen LogP contribution in [0.2, 0.25) is 0 Å². The van der Waals surface area contributed by atoms with Crippen LogP contribution in [0.3, 0.4) is 0 Å². The first-order valence-corrected chi connectivity index (χ1v) is 9.26. The van der Waals surface area contributed by atoms with Crippen LogP contribution >= 0.6 is 15.9 Å². The summed E-state index contributed by atoms with van der Waals surface area (Å²) in [5, 5.41) is 5.54. The second-order valence-corrected chi connectivity index (χ2v) is 7.64. The maximum absolute atomic E-state index is 12.2. The number of nitrogens with one attached hydrogen (secondary N) is 2. The molecule has 132 valence electrons. The molecule has 1 saturated carbocycles. The Morgan fingerprint density at radius 3 is 2.54 bits per heavy atom. The normalized spacial score (nSPS) is 16.5. The summed E-state index contributed by atoms with van der Waals surface area (Å²) in [6.07, 6.45) is 5.90. The van der Waals surface area contributed by atoms with Crippen LogP contribution < -0.4 is 16.4 Å². The molecule has 5 nitrogen and oxygen atoms in total. The van der Waals surface area contributed by atoms with Crippen molar-refractivity contribution in [3.8, 4) is 0 Å². The molecule has 0 bridgehead atoms. The van der Waals surface area contributed by atoms with Crippen LogP contribution in [0.15, 0.2) is 22.7 Å². The molecule has 1 aromatic carbocycles. The second-order valence-electron chi connectivity index (χ2n) is 6.73. The lowest BCUT2D eigenvalue weighted by Gasteiger charge is -2.35. The minimum Gasteiger partial charge on any atom is -0.347 e. The molecule has 1 aliphatic carbocycles. The Hall–Kier alpha value is -1.40. The van der Waals surface area contributed by atoms with Crippen molar-refractivity contribution in [2.75, 3.05) is 18.4 Å². The molecule has 0 spiro atoms. The van der Waals surface area contributed by atoms with E-state index in [1.54, 1.807) is 0 Å². The molecule has 6 heteroatoms. The van der Waals surface area contributed by atoms with Gasteiger partial charge in [0, 0.05) is 16.6 Å². The van der Waals surface area contributed by atoms with Gasteiger partial charge in [0.15, 0.2) is 0 Å². The number of rotatable bonds is 6. The van der Waals surface area contributed by atoms with Gasteiger partial charge < -0.3 is 16.4 Å². The lowest BCUT2D eigenvalue weighted by molar-refractivity contribution is -0.126. The van der Waals surface area contributed by atoms with Gasteiger partial charge in [0.25, 0.3) is 0 Å². The Morgan fingerprint density at radius 1 is 1.21 bits per heavy atom. The predicted octanol–water partition coefficient (Wildman–Crippen LogP) is 3.11. The standard InChI is InChI=1S/C18H26BrN3O2/c1-13-9-14(19)5-6-15(13)22-17(24)11-21-16(23)10-18(12-20)7-3-2-4-8-18/h5-6,9H,2-4,7-8,10-12,20H2,1H3,(H,21,23)(H,22,24). The summed E-state index contributed by atoms with van der Waals surface area (Å²) in [5.41, 5.74) is 7.55. The Kier molecular flexibility index (Phi) is 6.80.